The molecule has 3 heterocycles. The van der Waals surface area contributed by atoms with E-state index in [2.05, 4.69) is 25.0 Å². The minimum atomic E-state index is 0.394. The minimum absolute atomic E-state index is 0.394. The molecule has 0 aromatic carbocycles. The van der Waals surface area contributed by atoms with Crippen LogP contribution in [0.3, 0.4) is 0 Å². The van der Waals surface area contributed by atoms with Gasteiger partial charge in [-0.2, -0.15) is 5.10 Å². The van der Waals surface area contributed by atoms with E-state index in [-0.39, 0.29) is 0 Å². The molecule has 0 unspecified atom stereocenters. The molecule has 100 valence electrons. The van der Waals surface area contributed by atoms with Gasteiger partial charge in [-0.1, -0.05) is 0 Å². The van der Waals surface area contributed by atoms with E-state index < -0.39 is 0 Å². The first-order valence-electron chi connectivity index (χ1n) is 6.05. The van der Waals surface area contributed by atoms with Crippen molar-refractivity contribution in [3.05, 3.63) is 36.5 Å². The molecule has 0 spiro atoms. The van der Waals surface area contributed by atoms with Gasteiger partial charge in [-0.3, -0.25) is 4.68 Å². The lowest BCUT2D eigenvalue weighted by molar-refractivity contribution is 0.768. The van der Waals surface area contributed by atoms with Crippen LogP contribution in [0.5, 0.6) is 0 Å². The third-order valence-corrected chi connectivity index (χ3v) is 2.75. The van der Waals surface area contributed by atoms with Crippen LogP contribution in [0.15, 0.2) is 30.7 Å². The smallest absolute Gasteiger partial charge is 0.180 e. The van der Waals surface area contributed by atoms with Crippen LogP contribution in [0.2, 0.25) is 0 Å². The van der Waals surface area contributed by atoms with E-state index in [0.717, 1.165) is 11.3 Å². The molecule has 20 heavy (non-hydrogen) atoms. The van der Waals surface area contributed by atoms with Crippen molar-refractivity contribution in [2.75, 3.05) is 5.73 Å². The van der Waals surface area contributed by atoms with Gasteiger partial charge in [-0.25, -0.2) is 19.9 Å². The lowest BCUT2D eigenvalue weighted by atomic mass is 10.2. The number of rotatable bonds is 2. The molecule has 0 aliphatic rings. The lowest BCUT2D eigenvalue weighted by Gasteiger charge is -2.04. The van der Waals surface area contributed by atoms with Crippen LogP contribution >= 0.6 is 0 Å². The number of nitrogens with two attached hydrogens (primary N) is 1. The second kappa shape index (κ2) is 4.69. The molecule has 0 saturated heterocycles. The van der Waals surface area contributed by atoms with Gasteiger partial charge >= 0.3 is 0 Å². The maximum Gasteiger partial charge on any atom is 0.180 e. The van der Waals surface area contributed by atoms with E-state index >= 15 is 0 Å². The largest absolute Gasteiger partial charge is 0.384 e. The van der Waals surface area contributed by atoms with Crippen LogP contribution in [0.25, 0.3) is 22.8 Å². The summed E-state index contributed by atoms with van der Waals surface area (Å²) >= 11 is 0. The van der Waals surface area contributed by atoms with Crippen molar-refractivity contribution in [1.29, 1.82) is 0 Å². The molecule has 2 N–H and O–H groups in total. The highest BCUT2D eigenvalue weighted by molar-refractivity contribution is 5.64. The van der Waals surface area contributed by atoms with E-state index in [4.69, 9.17) is 5.73 Å². The van der Waals surface area contributed by atoms with Crippen LogP contribution in [-0.4, -0.2) is 29.7 Å². The molecule has 0 fully saturated rings. The standard InChI is InChI=1S/C13H13N7/c1-8-15-4-3-10(17-8)13-18-11(5-12(14)19-13)9-6-16-20(2)7-9/h3-7H,1-2H3,(H2,14,18,19). The predicted molar refractivity (Wildman–Crippen MR) is 74.4 cm³/mol. The monoisotopic (exact) mass is 267 g/mol. The highest BCUT2D eigenvalue weighted by Crippen LogP contribution is 2.21. The fraction of sp³-hybridized carbons (Fsp3) is 0.154. The van der Waals surface area contributed by atoms with Crippen LogP contribution < -0.4 is 5.73 Å². The Balaban J connectivity index is 2.11. The Morgan fingerprint density at radius 1 is 1.15 bits per heavy atom. The predicted octanol–water partition coefficient (Wildman–Crippen LogP) is 1.22. The number of aryl methyl sites for hydroxylation is 2. The SMILES string of the molecule is Cc1nccc(-c2nc(N)cc(-c3cnn(C)c3)n2)n1. The molecule has 0 amide bonds. The Morgan fingerprint density at radius 2 is 2.00 bits per heavy atom. The Kier molecular flexibility index (Phi) is 2.86. The molecule has 3 aromatic rings. The molecule has 0 aliphatic heterocycles. The van der Waals surface area contributed by atoms with Gasteiger partial charge < -0.3 is 5.73 Å². The van der Waals surface area contributed by atoms with Crippen molar-refractivity contribution >= 4 is 5.82 Å². The maximum atomic E-state index is 5.86. The summed E-state index contributed by atoms with van der Waals surface area (Å²) in [7, 11) is 1.85. The third kappa shape index (κ3) is 2.33. The molecule has 3 rings (SSSR count). The topological polar surface area (TPSA) is 95.4 Å². The van der Waals surface area contributed by atoms with Crippen molar-refractivity contribution in [2.24, 2.45) is 7.05 Å². The zero-order valence-electron chi connectivity index (χ0n) is 11.1. The van der Waals surface area contributed by atoms with Crippen molar-refractivity contribution in [3.63, 3.8) is 0 Å². The van der Waals surface area contributed by atoms with Crippen LogP contribution in [0, 0.1) is 6.92 Å². The van der Waals surface area contributed by atoms with Crippen molar-refractivity contribution in [1.82, 2.24) is 29.7 Å². The summed E-state index contributed by atoms with van der Waals surface area (Å²) < 4.78 is 1.71. The average Bonchev–Trinajstić information content (AvgIpc) is 2.85. The number of anilines is 1. The lowest BCUT2D eigenvalue weighted by Crippen LogP contribution is -2.00. The fourth-order valence-electron chi connectivity index (χ4n) is 1.86. The molecule has 3 aromatic heterocycles. The average molecular weight is 267 g/mol. The van der Waals surface area contributed by atoms with E-state index in [0.29, 0.717) is 23.2 Å². The van der Waals surface area contributed by atoms with Gasteiger partial charge in [0.15, 0.2) is 5.82 Å². The van der Waals surface area contributed by atoms with Crippen molar-refractivity contribution < 1.29 is 0 Å². The maximum absolute atomic E-state index is 5.86. The molecular formula is C13H13N7. The summed E-state index contributed by atoms with van der Waals surface area (Å²) in [4.78, 5) is 17.1. The molecular weight excluding hydrogens is 254 g/mol. The summed E-state index contributed by atoms with van der Waals surface area (Å²) in [6.45, 7) is 1.82. The van der Waals surface area contributed by atoms with Crippen LogP contribution in [0.4, 0.5) is 5.82 Å². The highest BCUT2D eigenvalue weighted by Gasteiger charge is 2.10. The summed E-state index contributed by atoms with van der Waals surface area (Å²) in [5.41, 5.74) is 8.11. The zero-order valence-corrected chi connectivity index (χ0v) is 11.1. The van der Waals surface area contributed by atoms with Gasteiger partial charge in [0.2, 0.25) is 0 Å². The quantitative estimate of drug-likeness (QED) is 0.750. The second-order valence-corrected chi connectivity index (χ2v) is 4.39. The molecule has 7 heteroatoms. The molecule has 0 radical (unpaired) electrons. The first kappa shape index (κ1) is 12.2. The highest BCUT2D eigenvalue weighted by atomic mass is 15.2. The number of hydrogen-bond acceptors (Lipinski definition) is 6. The summed E-state index contributed by atoms with van der Waals surface area (Å²) in [6.07, 6.45) is 5.28. The molecule has 0 bridgehead atoms. The van der Waals surface area contributed by atoms with Crippen LogP contribution in [0.1, 0.15) is 5.82 Å². The van der Waals surface area contributed by atoms with Gasteiger partial charge in [0, 0.05) is 31.1 Å². The summed E-state index contributed by atoms with van der Waals surface area (Å²) in [5.74, 6) is 1.54. The molecule has 7 nitrogen and oxygen atoms in total. The van der Waals surface area contributed by atoms with Gasteiger partial charge in [0.1, 0.15) is 17.3 Å². The Labute approximate surface area is 115 Å². The Morgan fingerprint density at radius 3 is 2.70 bits per heavy atom. The van der Waals surface area contributed by atoms with E-state index in [9.17, 15) is 0 Å². The minimum Gasteiger partial charge on any atom is -0.384 e. The Hall–Kier alpha value is -2.83. The van der Waals surface area contributed by atoms with Crippen LogP contribution in [-0.2, 0) is 7.05 Å². The number of aromatic nitrogens is 6. The van der Waals surface area contributed by atoms with Crippen molar-refractivity contribution in [2.45, 2.75) is 6.92 Å². The second-order valence-electron chi connectivity index (χ2n) is 4.39. The number of hydrogen-bond donors (Lipinski definition) is 1. The van der Waals surface area contributed by atoms with Gasteiger partial charge in [0.25, 0.3) is 0 Å². The number of nitrogen functional groups attached to an aromatic ring is 1. The van der Waals surface area contributed by atoms with Gasteiger partial charge in [-0.15, -0.1) is 0 Å². The first-order valence-corrected chi connectivity index (χ1v) is 6.05. The summed E-state index contributed by atoms with van der Waals surface area (Å²) in [5, 5.41) is 4.13. The summed E-state index contributed by atoms with van der Waals surface area (Å²) in [6, 6.07) is 3.48. The molecule has 0 saturated carbocycles. The van der Waals surface area contributed by atoms with E-state index in [1.807, 2.05) is 20.2 Å². The first-order chi connectivity index (χ1) is 9.61. The number of nitrogens with zero attached hydrogens (tertiary/aromatic N) is 6. The zero-order chi connectivity index (χ0) is 14.1. The van der Waals surface area contributed by atoms with E-state index in [1.54, 1.807) is 29.2 Å². The Bertz CT molecular complexity index is 763. The third-order valence-electron chi connectivity index (χ3n) is 2.75. The van der Waals surface area contributed by atoms with Gasteiger partial charge in [0.05, 0.1) is 11.9 Å². The normalized spacial score (nSPS) is 10.7. The molecule has 0 atom stereocenters. The fourth-order valence-corrected chi connectivity index (χ4v) is 1.86. The van der Waals surface area contributed by atoms with Gasteiger partial charge in [-0.05, 0) is 13.0 Å². The van der Waals surface area contributed by atoms with E-state index in [1.165, 1.54) is 0 Å². The van der Waals surface area contributed by atoms with Crippen molar-refractivity contribution in [3.8, 4) is 22.8 Å². The molecule has 0 aliphatic carbocycles.